The molecule has 0 amide bonds. The normalized spacial score (nSPS) is 12.4. The van der Waals surface area contributed by atoms with Gasteiger partial charge in [-0.15, -0.1) is 5.10 Å². The Kier molecular flexibility index (Phi) is 4.54. The predicted octanol–water partition coefficient (Wildman–Crippen LogP) is 1.90. The maximum Gasteiger partial charge on any atom is 0.333 e. The molecule has 0 saturated heterocycles. The lowest BCUT2D eigenvalue weighted by molar-refractivity contribution is 0.486. The first-order chi connectivity index (χ1) is 12.6. The topological polar surface area (TPSA) is 96.0 Å². The molecule has 0 saturated carbocycles. The third-order valence-corrected chi connectivity index (χ3v) is 5.72. The van der Waals surface area contributed by atoms with Crippen molar-refractivity contribution in [2.45, 2.75) is 44.7 Å². The van der Waals surface area contributed by atoms with Gasteiger partial charge in [0.1, 0.15) is 16.1 Å². The van der Waals surface area contributed by atoms with E-state index in [2.05, 4.69) is 5.10 Å². The minimum absolute atomic E-state index is 0.0306. The second-order valence-electron chi connectivity index (χ2n) is 6.69. The molecule has 8 nitrogen and oxygen atoms in total. The van der Waals surface area contributed by atoms with E-state index in [1.165, 1.54) is 16.7 Å². The maximum absolute atomic E-state index is 14.0. The number of nitrogens with zero attached hydrogens (tertiary/aromatic N) is 4. The molecule has 27 heavy (non-hydrogen) atoms. The molecular formula is C17H19FN4O4S. The van der Waals surface area contributed by atoms with Crippen LogP contribution < -0.4 is 11.2 Å². The smallest absolute Gasteiger partial charge is 0.273 e. The first-order valence-corrected chi connectivity index (χ1v) is 9.78. The van der Waals surface area contributed by atoms with Gasteiger partial charge in [0, 0.05) is 12.1 Å². The van der Waals surface area contributed by atoms with Crippen LogP contribution in [0.1, 0.15) is 39.8 Å². The fourth-order valence-corrected chi connectivity index (χ4v) is 4.09. The van der Waals surface area contributed by atoms with Crippen LogP contribution in [0.3, 0.4) is 0 Å². The van der Waals surface area contributed by atoms with Crippen molar-refractivity contribution >= 4 is 21.1 Å². The van der Waals surface area contributed by atoms with E-state index < -0.39 is 38.0 Å². The zero-order valence-electron chi connectivity index (χ0n) is 15.2. The molecule has 0 aliphatic carbocycles. The van der Waals surface area contributed by atoms with E-state index in [1.807, 2.05) is 0 Å². The molecule has 0 N–H and O–H groups in total. The highest BCUT2D eigenvalue weighted by Crippen LogP contribution is 2.19. The van der Waals surface area contributed by atoms with Crippen LogP contribution in [0.2, 0.25) is 0 Å². The SMILES string of the molecule is CC(C)n1c(=O)c2cn(S(=O)(=O)c3ccccc3F)nc2n(C(C)C)c1=O. The van der Waals surface area contributed by atoms with Crippen molar-refractivity contribution in [1.82, 2.24) is 18.3 Å². The summed E-state index contributed by atoms with van der Waals surface area (Å²) < 4.78 is 42.4. The largest absolute Gasteiger partial charge is 0.333 e. The summed E-state index contributed by atoms with van der Waals surface area (Å²) in [4.78, 5) is 24.9. The van der Waals surface area contributed by atoms with E-state index >= 15 is 0 Å². The van der Waals surface area contributed by atoms with Crippen LogP contribution >= 0.6 is 0 Å². The number of aromatic nitrogens is 4. The van der Waals surface area contributed by atoms with E-state index in [-0.39, 0.29) is 17.1 Å². The van der Waals surface area contributed by atoms with Crippen molar-refractivity contribution < 1.29 is 12.8 Å². The minimum atomic E-state index is -4.37. The summed E-state index contributed by atoms with van der Waals surface area (Å²) in [5.41, 5.74) is -1.28. The van der Waals surface area contributed by atoms with Gasteiger partial charge >= 0.3 is 5.69 Å². The summed E-state index contributed by atoms with van der Waals surface area (Å²) in [6, 6.07) is 4.09. The van der Waals surface area contributed by atoms with Crippen LogP contribution in [0.4, 0.5) is 4.39 Å². The molecular weight excluding hydrogens is 375 g/mol. The van der Waals surface area contributed by atoms with Crippen molar-refractivity contribution in [2.24, 2.45) is 0 Å². The lowest BCUT2D eigenvalue weighted by Crippen LogP contribution is -2.41. The molecule has 1 aromatic carbocycles. The quantitative estimate of drug-likeness (QED) is 0.673. The van der Waals surface area contributed by atoms with Crippen LogP contribution in [0.5, 0.6) is 0 Å². The summed E-state index contributed by atoms with van der Waals surface area (Å²) in [5.74, 6) is -0.933. The Morgan fingerprint density at radius 2 is 1.59 bits per heavy atom. The first kappa shape index (κ1) is 19.0. The van der Waals surface area contributed by atoms with Crippen LogP contribution in [0, 0.1) is 5.82 Å². The molecule has 0 radical (unpaired) electrons. The number of benzene rings is 1. The molecule has 3 rings (SSSR count). The first-order valence-electron chi connectivity index (χ1n) is 8.34. The standard InChI is InChI=1S/C17H19FN4O4S/c1-10(2)21-15-12(16(23)22(11(3)4)17(21)24)9-20(19-15)27(25,26)14-8-6-5-7-13(14)18/h5-11H,1-4H3. The molecule has 3 aromatic rings. The van der Waals surface area contributed by atoms with E-state index in [4.69, 9.17) is 0 Å². The van der Waals surface area contributed by atoms with Gasteiger partial charge in [0.05, 0.1) is 6.20 Å². The van der Waals surface area contributed by atoms with Gasteiger partial charge in [-0.3, -0.25) is 13.9 Å². The summed E-state index contributed by atoms with van der Waals surface area (Å²) in [6.45, 7) is 6.81. The van der Waals surface area contributed by atoms with Gasteiger partial charge < -0.3 is 0 Å². The fourth-order valence-electron chi connectivity index (χ4n) is 2.90. The van der Waals surface area contributed by atoms with Crippen molar-refractivity contribution in [2.75, 3.05) is 0 Å². The molecule has 2 heterocycles. The molecule has 0 bridgehead atoms. The van der Waals surface area contributed by atoms with Gasteiger partial charge in [0.25, 0.3) is 15.6 Å². The zero-order valence-corrected chi connectivity index (χ0v) is 16.1. The molecule has 144 valence electrons. The number of hydrogen-bond acceptors (Lipinski definition) is 5. The van der Waals surface area contributed by atoms with Gasteiger partial charge in [-0.1, -0.05) is 12.1 Å². The van der Waals surface area contributed by atoms with E-state index in [9.17, 15) is 22.4 Å². The van der Waals surface area contributed by atoms with Crippen molar-refractivity contribution in [3.05, 3.63) is 57.1 Å². The minimum Gasteiger partial charge on any atom is -0.273 e. The molecule has 0 aliphatic heterocycles. The van der Waals surface area contributed by atoms with Gasteiger partial charge in [-0.05, 0) is 39.8 Å². The van der Waals surface area contributed by atoms with Crippen molar-refractivity contribution in [1.29, 1.82) is 0 Å². The number of rotatable bonds is 4. The Hall–Kier alpha value is -2.75. The molecule has 0 aliphatic rings. The second-order valence-corrected chi connectivity index (χ2v) is 8.45. The predicted molar refractivity (Wildman–Crippen MR) is 98.0 cm³/mol. The van der Waals surface area contributed by atoms with Gasteiger partial charge in [0.2, 0.25) is 0 Å². The lowest BCUT2D eigenvalue weighted by Gasteiger charge is -2.15. The van der Waals surface area contributed by atoms with Crippen molar-refractivity contribution in [3.63, 3.8) is 0 Å². The fraction of sp³-hybridized carbons (Fsp3) is 0.353. The molecule has 0 atom stereocenters. The van der Waals surface area contributed by atoms with Crippen molar-refractivity contribution in [3.8, 4) is 0 Å². The Balaban J connectivity index is 2.42. The average molecular weight is 394 g/mol. The Morgan fingerprint density at radius 1 is 1.00 bits per heavy atom. The van der Waals surface area contributed by atoms with Gasteiger partial charge in [0.15, 0.2) is 5.65 Å². The summed E-state index contributed by atoms with van der Waals surface area (Å²) >= 11 is 0. The summed E-state index contributed by atoms with van der Waals surface area (Å²) in [7, 11) is -4.37. The summed E-state index contributed by atoms with van der Waals surface area (Å²) in [6.07, 6.45) is 1.02. The van der Waals surface area contributed by atoms with Crippen LogP contribution in [0.15, 0.2) is 44.9 Å². The Morgan fingerprint density at radius 3 is 2.15 bits per heavy atom. The Bertz CT molecular complexity index is 1250. The molecule has 10 heteroatoms. The maximum atomic E-state index is 14.0. The number of hydrogen-bond donors (Lipinski definition) is 0. The highest BCUT2D eigenvalue weighted by atomic mass is 32.2. The van der Waals surface area contributed by atoms with Crippen LogP contribution in [0.25, 0.3) is 11.0 Å². The van der Waals surface area contributed by atoms with E-state index in [1.54, 1.807) is 27.7 Å². The Labute approximate surface area is 154 Å². The summed E-state index contributed by atoms with van der Waals surface area (Å²) in [5, 5.41) is 3.93. The monoisotopic (exact) mass is 394 g/mol. The van der Waals surface area contributed by atoms with E-state index in [0.29, 0.717) is 4.09 Å². The van der Waals surface area contributed by atoms with Crippen LogP contribution in [-0.4, -0.2) is 26.7 Å². The zero-order chi connectivity index (χ0) is 20.1. The molecule has 0 spiro atoms. The molecule has 0 fully saturated rings. The highest BCUT2D eigenvalue weighted by Gasteiger charge is 2.26. The number of fused-ring (bicyclic) bond motifs is 1. The third kappa shape index (κ3) is 2.89. The molecule has 2 aromatic heterocycles. The third-order valence-electron chi connectivity index (χ3n) is 4.16. The number of halogens is 1. The average Bonchev–Trinajstić information content (AvgIpc) is 3.00. The lowest BCUT2D eigenvalue weighted by atomic mass is 10.3. The van der Waals surface area contributed by atoms with Gasteiger partial charge in [-0.25, -0.2) is 9.18 Å². The van der Waals surface area contributed by atoms with Crippen LogP contribution in [-0.2, 0) is 10.0 Å². The van der Waals surface area contributed by atoms with E-state index in [0.717, 1.165) is 22.9 Å². The molecule has 0 unspecified atom stereocenters. The van der Waals surface area contributed by atoms with Gasteiger partial charge in [-0.2, -0.15) is 12.5 Å². The highest BCUT2D eigenvalue weighted by molar-refractivity contribution is 7.89. The second kappa shape index (κ2) is 6.45.